The Morgan fingerprint density at radius 3 is 2.65 bits per heavy atom. The van der Waals surface area contributed by atoms with Gasteiger partial charge in [0.15, 0.2) is 5.65 Å². The van der Waals surface area contributed by atoms with Crippen LogP contribution in [0.5, 0.6) is 5.75 Å². The van der Waals surface area contributed by atoms with E-state index in [0.717, 1.165) is 86.1 Å². The highest BCUT2D eigenvalue weighted by molar-refractivity contribution is 5.88. The van der Waals surface area contributed by atoms with E-state index in [1.807, 2.05) is 35.1 Å². The van der Waals surface area contributed by atoms with Gasteiger partial charge in [0.25, 0.3) is 0 Å². The van der Waals surface area contributed by atoms with Gasteiger partial charge in [-0.15, -0.1) is 0 Å². The molecule has 3 heterocycles. The maximum Gasteiger partial charge on any atom is 0.168 e. The van der Waals surface area contributed by atoms with Crippen LogP contribution in [0.1, 0.15) is 31.2 Å². The summed E-state index contributed by atoms with van der Waals surface area (Å²) in [7, 11) is 1.72. The molecule has 0 unspecified atom stereocenters. The Morgan fingerprint density at radius 2 is 1.82 bits per heavy atom. The van der Waals surface area contributed by atoms with Crippen LogP contribution >= 0.6 is 0 Å². The summed E-state index contributed by atoms with van der Waals surface area (Å²) in [5, 5.41) is 5.72. The Hall–Kier alpha value is -3.45. The zero-order chi connectivity index (χ0) is 23.3. The molecule has 0 bridgehead atoms. The lowest BCUT2D eigenvalue weighted by Gasteiger charge is -2.24. The first-order chi connectivity index (χ1) is 16.7. The molecule has 4 aromatic rings. The molecule has 2 aromatic carbocycles. The highest BCUT2D eigenvalue weighted by Crippen LogP contribution is 2.27. The van der Waals surface area contributed by atoms with Crippen LogP contribution in [0.4, 0.5) is 5.82 Å². The average molecular weight is 457 g/mol. The van der Waals surface area contributed by atoms with Crippen molar-refractivity contribution in [2.45, 2.75) is 32.7 Å². The summed E-state index contributed by atoms with van der Waals surface area (Å²) in [6.45, 7) is 7.05. The van der Waals surface area contributed by atoms with Crippen LogP contribution in [0.15, 0.2) is 60.8 Å². The standard InChI is InChI=1S/C27H32N6O/c1-3-9-25-29-26(24-19-28-33(27(24)30-25)22-11-5-4-6-12-22)32-15-8-14-31(16-17-32)20-21-10-7-13-23(18-21)34-2/h4-7,10-13,18-19H,3,8-9,14-17,20H2,1-2H3. The summed E-state index contributed by atoms with van der Waals surface area (Å²) in [5.41, 5.74) is 3.19. The summed E-state index contributed by atoms with van der Waals surface area (Å²) in [6, 6.07) is 18.6. The van der Waals surface area contributed by atoms with Gasteiger partial charge in [-0.05, 0) is 42.7 Å². The number of aromatic nitrogens is 4. The van der Waals surface area contributed by atoms with Crippen LogP contribution in [0.25, 0.3) is 16.7 Å². The van der Waals surface area contributed by atoms with Crippen molar-refractivity contribution in [3.8, 4) is 11.4 Å². The van der Waals surface area contributed by atoms with Gasteiger partial charge in [-0.2, -0.15) is 5.10 Å². The van der Waals surface area contributed by atoms with Crippen LogP contribution in [0.2, 0.25) is 0 Å². The van der Waals surface area contributed by atoms with Gasteiger partial charge in [0.1, 0.15) is 17.4 Å². The van der Waals surface area contributed by atoms with E-state index < -0.39 is 0 Å². The number of benzene rings is 2. The third-order valence-electron chi connectivity index (χ3n) is 6.36. The summed E-state index contributed by atoms with van der Waals surface area (Å²) in [4.78, 5) is 14.9. The lowest BCUT2D eigenvalue weighted by atomic mass is 10.2. The van der Waals surface area contributed by atoms with E-state index in [2.05, 4.69) is 47.1 Å². The molecule has 176 valence electrons. The average Bonchev–Trinajstić information content (AvgIpc) is 3.16. The molecule has 1 aliphatic heterocycles. The summed E-state index contributed by atoms with van der Waals surface area (Å²) in [5.74, 6) is 2.82. The first kappa shape index (κ1) is 22.3. The molecule has 7 nitrogen and oxygen atoms in total. The molecule has 1 saturated heterocycles. The lowest BCUT2D eigenvalue weighted by molar-refractivity contribution is 0.285. The van der Waals surface area contributed by atoms with Gasteiger partial charge in [-0.1, -0.05) is 37.3 Å². The molecule has 0 radical (unpaired) electrons. The third-order valence-corrected chi connectivity index (χ3v) is 6.36. The van der Waals surface area contributed by atoms with Crippen molar-refractivity contribution >= 4 is 16.9 Å². The van der Waals surface area contributed by atoms with E-state index in [0.29, 0.717) is 0 Å². The van der Waals surface area contributed by atoms with E-state index in [4.69, 9.17) is 19.8 Å². The Kier molecular flexibility index (Phi) is 6.72. The molecule has 0 spiro atoms. The normalized spacial score (nSPS) is 14.9. The summed E-state index contributed by atoms with van der Waals surface area (Å²) >= 11 is 0. The molecule has 1 aliphatic rings. The van der Waals surface area contributed by atoms with Crippen LogP contribution in [-0.2, 0) is 13.0 Å². The number of aryl methyl sites for hydroxylation is 1. The molecular weight excluding hydrogens is 424 g/mol. The minimum Gasteiger partial charge on any atom is -0.497 e. The number of hydrogen-bond acceptors (Lipinski definition) is 6. The van der Waals surface area contributed by atoms with Crippen LogP contribution < -0.4 is 9.64 Å². The molecule has 1 fully saturated rings. The van der Waals surface area contributed by atoms with Crippen LogP contribution in [-0.4, -0.2) is 57.9 Å². The second-order valence-electron chi connectivity index (χ2n) is 8.81. The fraction of sp³-hybridized carbons (Fsp3) is 0.370. The van der Waals surface area contributed by atoms with Gasteiger partial charge in [0.2, 0.25) is 0 Å². The SMILES string of the molecule is CCCc1nc(N2CCCN(Cc3cccc(OC)c3)CC2)c2cnn(-c3ccccc3)c2n1. The molecule has 0 saturated carbocycles. The van der Waals surface area contributed by atoms with Crippen LogP contribution in [0, 0.1) is 0 Å². The molecule has 0 aliphatic carbocycles. The quantitative estimate of drug-likeness (QED) is 0.408. The fourth-order valence-electron chi connectivity index (χ4n) is 4.64. The van der Waals surface area contributed by atoms with E-state index >= 15 is 0 Å². The predicted octanol–water partition coefficient (Wildman–Crippen LogP) is 4.49. The molecular formula is C27H32N6O. The number of anilines is 1. The predicted molar refractivity (Wildman–Crippen MR) is 136 cm³/mol. The van der Waals surface area contributed by atoms with Crippen molar-refractivity contribution in [1.29, 1.82) is 0 Å². The van der Waals surface area contributed by atoms with Gasteiger partial charge in [-0.25, -0.2) is 14.6 Å². The number of methoxy groups -OCH3 is 1. The van der Waals surface area contributed by atoms with Gasteiger partial charge in [-0.3, -0.25) is 4.90 Å². The van der Waals surface area contributed by atoms with E-state index in [9.17, 15) is 0 Å². The lowest BCUT2D eigenvalue weighted by Crippen LogP contribution is -2.31. The fourth-order valence-corrected chi connectivity index (χ4v) is 4.64. The monoisotopic (exact) mass is 456 g/mol. The van der Waals surface area contributed by atoms with E-state index in [1.54, 1.807) is 7.11 Å². The number of para-hydroxylation sites is 1. The first-order valence-electron chi connectivity index (χ1n) is 12.2. The van der Waals surface area contributed by atoms with Crippen molar-refractivity contribution in [3.05, 3.63) is 72.2 Å². The maximum absolute atomic E-state index is 5.40. The van der Waals surface area contributed by atoms with Crippen molar-refractivity contribution in [3.63, 3.8) is 0 Å². The molecule has 5 rings (SSSR count). The number of rotatable bonds is 7. The van der Waals surface area contributed by atoms with Gasteiger partial charge < -0.3 is 9.64 Å². The van der Waals surface area contributed by atoms with Crippen LogP contribution in [0.3, 0.4) is 0 Å². The largest absolute Gasteiger partial charge is 0.497 e. The Balaban J connectivity index is 1.41. The highest BCUT2D eigenvalue weighted by Gasteiger charge is 2.21. The zero-order valence-corrected chi connectivity index (χ0v) is 20.0. The summed E-state index contributed by atoms with van der Waals surface area (Å²) in [6.07, 6.45) is 4.88. The van der Waals surface area contributed by atoms with Gasteiger partial charge in [0.05, 0.1) is 24.4 Å². The second-order valence-corrected chi connectivity index (χ2v) is 8.81. The van der Waals surface area contributed by atoms with Crippen molar-refractivity contribution in [1.82, 2.24) is 24.6 Å². The smallest absolute Gasteiger partial charge is 0.168 e. The third kappa shape index (κ3) is 4.75. The van der Waals surface area contributed by atoms with E-state index in [-0.39, 0.29) is 0 Å². The first-order valence-corrected chi connectivity index (χ1v) is 12.2. The molecule has 7 heteroatoms. The van der Waals surface area contributed by atoms with Crippen molar-refractivity contribution in [2.24, 2.45) is 0 Å². The Labute approximate surface area is 201 Å². The summed E-state index contributed by atoms with van der Waals surface area (Å²) < 4.78 is 7.34. The molecule has 2 aromatic heterocycles. The highest BCUT2D eigenvalue weighted by atomic mass is 16.5. The number of fused-ring (bicyclic) bond motifs is 1. The molecule has 0 atom stereocenters. The number of nitrogens with zero attached hydrogens (tertiary/aromatic N) is 6. The minimum atomic E-state index is 0.860. The van der Waals surface area contributed by atoms with Crippen molar-refractivity contribution < 1.29 is 4.74 Å². The number of hydrogen-bond donors (Lipinski definition) is 0. The number of ether oxygens (including phenoxy) is 1. The maximum atomic E-state index is 5.40. The Morgan fingerprint density at radius 1 is 0.941 bits per heavy atom. The van der Waals surface area contributed by atoms with Crippen molar-refractivity contribution in [2.75, 3.05) is 38.2 Å². The molecule has 0 amide bonds. The second kappa shape index (κ2) is 10.2. The Bertz CT molecular complexity index is 1240. The topological polar surface area (TPSA) is 59.3 Å². The van der Waals surface area contributed by atoms with Gasteiger partial charge >= 0.3 is 0 Å². The van der Waals surface area contributed by atoms with E-state index in [1.165, 1.54) is 5.56 Å². The van der Waals surface area contributed by atoms with Gasteiger partial charge in [0, 0.05) is 39.1 Å². The minimum absolute atomic E-state index is 0.860. The molecule has 34 heavy (non-hydrogen) atoms. The molecule has 0 N–H and O–H groups in total. The zero-order valence-electron chi connectivity index (χ0n) is 20.0.